The van der Waals surface area contributed by atoms with E-state index in [1.165, 1.54) is 0 Å². The van der Waals surface area contributed by atoms with Crippen LogP contribution in [0.4, 0.5) is 26.3 Å². The lowest BCUT2D eigenvalue weighted by molar-refractivity contribution is -0.274. The fourth-order valence-corrected chi connectivity index (χ4v) is 4.28. The molecule has 1 heterocycles. The van der Waals surface area contributed by atoms with Gasteiger partial charge < -0.3 is 4.74 Å². The van der Waals surface area contributed by atoms with Crippen LogP contribution in [0.5, 0.6) is 5.75 Å². The summed E-state index contributed by atoms with van der Waals surface area (Å²) >= 11 is 0. The summed E-state index contributed by atoms with van der Waals surface area (Å²) in [5.41, 5.74) is 0.145. The number of fused-ring (bicyclic) bond motifs is 1. The molecule has 2 atom stereocenters. The van der Waals surface area contributed by atoms with Crippen molar-refractivity contribution >= 4 is 10.0 Å². The zero-order chi connectivity index (χ0) is 20.7. The third-order valence-electron chi connectivity index (χ3n) is 4.18. The number of benzene rings is 1. The summed E-state index contributed by atoms with van der Waals surface area (Å²) in [5, 5.41) is 6.02. The average Bonchev–Trinajstić information content (AvgIpc) is 3.00. The van der Waals surface area contributed by atoms with E-state index in [1.54, 1.807) is 0 Å². The number of nitrogens with one attached hydrogen (secondary N) is 2. The molecule has 0 saturated heterocycles. The lowest BCUT2D eigenvalue weighted by Crippen LogP contribution is -2.42. The van der Waals surface area contributed by atoms with Gasteiger partial charge in [0.05, 0.1) is 17.0 Å². The first-order chi connectivity index (χ1) is 12.9. The van der Waals surface area contributed by atoms with Crippen molar-refractivity contribution < 1.29 is 39.5 Å². The molecule has 0 aliphatic heterocycles. The minimum Gasteiger partial charge on any atom is -0.406 e. The number of alkyl halides is 6. The average molecular weight is 429 g/mol. The third kappa shape index (κ3) is 4.58. The molecule has 0 radical (unpaired) electrons. The highest BCUT2D eigenvalue weighted by molar-refractivity contribution is 7.89. The first-order valence-corrected chi connectivity index (χ1v) is 9.30. The van der Waals surface area contributed by atoms with E-state index in [-0.39, 0.29) is 17.7 Å². The van der Waals surface area contributed by atoms with Crippen molar-refractivity contribution in [3.63, 3.8) is 0 Å². The first kappa shape index (κ1) is 20.5. The molecule has 0 unspecified atom stereocenters. The van der Waals surface area contributed by atoms with Crippen LogP contribution >= 0.6 is 0 Å². The summed E-state index contributed by atoms with van der Waals surface area (Å²) in [5.74, 6) is -2.51. The monoisotopic (exact) mass is 429 g/mol. The van der Waals surface area contributed by atoms with Gasteiger partial charge in [-0.25, -0.2) is 13.1 Å². The second-order valence-corrected chi connectivity index (χ2v) is 7.89. The van der Waals surface area contributed by atoms with Crippen LogP contribution in [-0.2, 0) is 16.4 Å². The molecule has 1 aromatic heterocycles. The van der Waals surface area contributed by atoms with Crippen LogP contribution in [0, 0.1) is 0 Å². The van der Waals surface area contributed by atoms with Gasteiger partial charge in [0.2, 0.25) is 10.0 Å². The second-order valence-electron chi connectivity index (χ2n) is 6.18. The molecule has 0 bridgehead atoms. The topological polar surface area (TPSA) is 84.1 Å². The van der Waals surface area contributed by atoms with Crippen molar-refractivity contribution in [2.45, 2.75) is 42.2 Å². The molecule has 154 valence electrons. The molecule has 0 amide bonds. The van der Waals surface area contributed by atoms with E-state index in [4.69, 9.17) is 0 Å². The molecule has 0 fully saturated rings. The van der Waals surface area contributed by atoms with Crippen LogP contribution in [0.3, 0.4) is 0 Å². The Morgan fingerprint density at radius 1 is 1.11 bits per heavy atom. The van der Waals surface area contributed by atoms with Crippen molar-refractivity contribution in [1.82, 2.24) is 14.9 Å². The SMILES string of the molecule is O=S(=O)(N[C@H]1Cc2[nH]ncc2[C@@H](C(F)(F)F)C1)c1ccc(OC(F)(F)F)cc1. The first-order valence-electron chi connectivity index (χ1n) is 7.82. The maximum atomic E-state index is 13.3. The van der Waals surface area contributed by atoms with Crippen molar-refractivity contribution in [3.8, 4) is 5.75 Å². The lowest BCUT2D eigenvalue weighted by Gasteiger charge is -2.30. The number of H-pyrrole nitrogens is 1. The molecular formula is C15H13F6N3O3S. The van der Waals surface area contributed by atoms with E-state index < -0.39 is 51.6 Å². The van der Waals surface area contributed by atoms with Crippen LogP contribution in [0.15, 0.2) is 35.4 Å². The van der Waals surface area contributed by atoms with Gasteiger partial charge in [-0.05, 0) is 30.7 Å². The number of hydrogen-bond donors (Lipinski definition) is 2. The fraction of sp³-hybridized carbons (Fsp3) is 0.400. The summed E-state index contributed by atoms with van der Waals surface area (Å²) in [7, 11) is -4.26. The maximum absolute atomic E-state index is 13.3. The quantitative estimate of drug-likeness (QED) is 0.731. The minimum atomic E-state index is -4.94. The fourth-order valence-electron chi connectivity index (χ4n) is 3.03. The number of nitrogens with zero attached hydrogens (tertiary/aromatic N) is 1. The number of hydrogen-bond acceptors (Lipinski definition) is 4. The highest BCUT2D eigenvalue weighted by Gasteiger charge is 2.46. The van der Waals surface area contributed by atoms with Gasteiger partial charge >= 0.3 is 12.5 Å². The normalized spacial score (nSPS) is 20.6. The zero-order valence-electron chi connectivity index (χ0n) is 13.8. The van der Waals surface area contributed by atoms with Gasteiger partial charge in [-0.3, -0.25) is 5.10 Å². The molecule has 1 aliphatic rings. The Balaban J connectivity index is 1.77. The van der Waals surface area contributed by atoms with E-state index >= 15 is 0 Å². The largest absolute Gasteiger partial charge is 0.573 e. The summed E-state index contributed by atoms with van der Waals surface area (Å²) in [6.07, 6.45) is -9.01. The summed E-state index contributed by atoms with van der Waals surface area (Å²) in [6, 6.07) is 2.27. The maximum Gasteiger partial charge on any atom is 0.573 e. The van der Waals surface area contributed by atoms with E-state index in [9.17, 15) is 34.8 Å². The van der Waals surface area contributed by atoms with Gasteiger partial charge in [-0.2, -0.15) is 18.3 Å². The van der Waals surface area contributed by atoms with Gasteiger partial charge in [0.15, 0.2) is 0 Å². The van der Waals surface area contributed by atoms with Crippen molar-refractivity contribution in [2.75, 3.05) is 0 Å². The molecule has 1 aromatic carbocycles. The number of ether oxygens (including phenoxy) is 1. The number of aromatic nitrogens is 2. The molecule has 2 aromatic rings. The summed E-state index contributed by atoms with van der Waals surface area (Å²) in [6.45, 7) is 0. The van der Waals surface area contributed by atoms with Crippen LogP contribution in [-0.4, -0.2) is 37.2 Å². The summed E-state index contributed by atoms with van der Waals surface area (Å²) < 4.78 is 107. The van der Waals surface area contributed by atoms with Gasteiger partial charge in [-0.1, -0.05) is 0 Å². The Morgan fingerprint density at radius 3 is 2.32 bits per heavy atom. The Kier molecular flexibility index (Phi) is 5.08. The van der Waals surface area contributed by atoms with Crippen molar-refractivity contribution in [3.05, 3.63) is 41.7 Å². The highest BCUT2D eigenvalue weighted by Crippen LogP contribution is 2.42. The predicted octanol–water partition coefficient (Wildman–Crippen LogP) is 3.25. The van der Waals surface area contributed by atoms with Crippen LogP contribution in [0.25, 0.3) is 0 Å². The molecular weight excluding hydrogens is 416 g/mol. The van der Waals surface area contributed by atoms with E-state index in [0.29, 0.717) is 0 Å². The Hall–Kier alpha value is -2.28. The predicted molar refractivity (Wildman–Crippen MR) is 82.9 cm³/mol. The molecule has 1 aliphatic carbocycles. The van der Waals surface area contributed by atoms with Crippen LogP contribution in [0.1, 0.15) is 23.6 Å². The lowest BCUT2D eigenvalue weighted by atomic mass is 9.84. The Morgan fingerprint density at radius 2 is 1.75 bits per heavy atom. The molecule has 0 saturated carbocycles. The molecule has 2 N–H and O–H groups in total. The minimum absolute atomic E-state index is 0.0309. The van der Waals surface area contributed by atoms with E-state index in [0.717, 1.165) is 30.5 Å². The van der Waals surface area contributed by atoms with Gasteiger partial charge in [0.25, 0.3) is 0 Å². The zero-order valence-corrected chi connectivity index (χ0v) is 14.6. The molecule has 6 nitrogen and oxygen atoms in total. The second kappa shape index (κ2) is 6.95. The van der Waals surface area contributed by atoms with Crippen molar-refractivity contribution in [2.24, 2.45) is 0 Å². The number of sulfonamides is 1. The third-order valence-corrected chi connectivity index (χ3v) is 5.72. The van der Waals surface area contributed by atoms with Gasteiger partial charge in [0.1, 0.15) is 5.75 Å². The van der Waals surface area contributed by atoms with E-state index in [1.807, 2.05) is 0 Å². The number of halogens is 6. The Labute approximate surface area is 154 Å². The van der Waals surface area contributed by atoms with Crippen LogP contribution < -0.4 is 9.46 Å². The highest BCUT2D eigenvalue weighted by atomic mass is 32.2. The van der Waals surface area contributed by atoms with E-state index in [2.05, 4.69) is 19.7 Å². The van der Waals surface area contributed by atoms with Crippen LogP contribution in [0.2, 0.25) is 0 Å². The van der Waals surface area contributed by atoms with Gasteiger partial charge in [-0.15, -0.1) is 13.2 Å². The number of rotatable bonds is 4. The molecule has 13 heteroatoms. The molecule has 28 heavy (non-hydrogen) atoms. The van der Waals surface area contributed by atoms with Gasteiger partial charge in [0, 0.05) is 23.7 Å². The van der Waals surface area contributed by atoms with Crippen molar-refractivity contribution in [1.29, 1.82) is 0 Å². The standard InChI is InChI=1S/C15H13F6N3O3S/c16-14(17,18)12-5-8(6-13-11(12)7-22-23-13)24-28(25,26)10-3-1-9(2-4-10)27-15(19,20)21/h1-4,7-8,12,24H,5-6H2,(H,22,23)/t8-,12+/m1/s1. The molecule has 0 spiro atoms. The molecule has 3 rings (SSSR count). The smallest absolute Gasteiger partial charge is 0.406 e. The summed E-state index contributed by atoms with van der Waals surface area (Å²) in [4.78, 5) is -0.402. The number of aromatic amines is 1. The Bertz CT molecular complexity index is 937.